The van der Waals surface area contributed by atoms with E-state index in [1.165, 1.54) is 0 Å². The van der Waals surface area contributed by atoms with Gasteiger partial charge in [0.2, 0.25) is 0 Å². The van der Waals surface area contributed by atoms with Gasteiger partial charge in [-0.1, -0.05) is 42.5 Å². The number of rotatable bonds is 2. The Kier molecular flexibility index (Phi) is 3.69. The Hall–Kier alpha value is -4.22. The quantitative estimate of drug-likeness (QED) is 0.204. The van der Waals surface area contributed by atoms with Crippen LogP contribution in [0.3, 0.4) is 0 Å². The van der Waals surface area contributed by atoms with Crippen LogP contribution >= 0.6 is 11.3 Å². The molecule has 6 aromatic rings. The van der Waals surface area contributed by atoms with Crippen LogP contribution in [0.1, 0.15) is 26.5 Å². The van der Waals surface area contributed by atoms with Gasteiger partial charge in [-0.25, -0.2) is 0 Å². The Morgan fingerprint density at radius 1 is 0.667 bits per heavy atom. The summed E-state index contributed by atoms with van der Waals surface area (Å²) in [7, 11) is 0. The Morgan fingerprint density at radius 3 is 2.00 bits per heavy atom. The maximum atomic E-state index is 13.0. The summed E-state index contributed by atoms with van der Waals surface area (Å²) in [6.07, 6.45) is 1.56. The summed E-state index contributed by atoms with van der Waals surface area (Å²) >= 11 is 1.55. The van der Waals surface area contributed by atoms with Gasteiger partial charge in [0.25, 0.3) is 0 Å². The van der Waals surface area contributed by atoms with E-state index >= 15 is 0 Å². The largest absolute Gasteiger partial charge is 0.456 e. The molecule has 33 heavy (non-hydrogen) atoms. The summed E-state index contributed by atoms with van der Waals surface area (Å²) in [5, 5.41) is 2.93. The summed E-state index contributed by atoms with van der Waals surface area (Å²) in [6.45, 7) is 0. The van der Waals surface area contributed by atoms with Gasteiger partial charge in [0.1, 0.15) is 22.7 Å². The molecular weight excluding hydrogens is 432 g/mol. The third kappa shape index (κ3) is 2.76. The topological polar surface area (TPSA) is 60.4 Å². The van der Waals surface area contributed by atoms with Crippen molar-refractivity contribution in [3.8, 4) is 10.6 Å². The summed E-state index contributed by atoms with van der Waals surface area (Å²) in [6, 6.07) is 25.0. The number of para-hydroxylation sites is 1. The van der Waals surface area contributed by atoms with Crippen molar-refractivity contribution in [2.24, 2.45) is 0 Å². The van der Waals surface area contributed by atoms with E-state index in [0.717, 1.165) is 37.1 Å². The molecule has 4 nitrogen and oxygen atoms in total. The minimum Gasteiger partial charge on any atom is -0.456 e. The number of carbonyl (C=O) groups excluding carboxylic acids is 2. The molecule has 0 amide bonds. The van der Waals surface area contributed by atoms with Gasteiger partial charge >= 0.3 is 0 Å². The highest BCUT2D eigenvalue weighted by molar-refractivity contribution is 7.22. The fraction of sp³-hybridized carbons (Fsp3) is 0. The number of benzene rings is 3. The first-order valence-electron chi connectivity index (χ1n) is 10.5. The Bertz CT molecular complexity index is 1690. The van der Waals surface area contributed by atoms with E-state index in [4.69, 9.17) is 8.83 Å². The lowest BCUT2D eigenvalue weighted by Gasteiger charge is -2.00. The molecule has 0 N–H and O–H groups in total. The zero-order valence-electron chi connectivity index (χ0n) is 17.1. The summed E-state index contributed by atoms with van der Waals surface area (Å²) in [4.78, 5) is 26.9. The number of thiophene rings is 1. The lowest BCUT2D eigenvalue weighted by atomic mass is 10.0. The van der Waals surface area contributed by atoms with Crippen LogP contribution in [-0.4, -0.2) is 11.6 Å². The molecule has 3 aromatic carbocycles. The highest BCUT2D eigenvalue weighted by Gasteiger charge is 2.33. The van der Waals surface area contributed by atoms with Crippen molar-refractivity contribution in [2.45, 2.75) is 0 Å². The molecule has 0 spiro atoms. The predicted molar refractivity (Wildman–Crippen MR) is 130 cm³/mol. The van der Waals surface area contributed by atoms with Gasteiger partial charge in [0.15, 0.2) is 11.6 Å². The van der Waals surface area contributed by atoms with Crippen LogP contribution in [-0.2, 0) is 0 Å². The number of Topliss-reactive ketones (excluding diaryl/α,β-unsaturated/α-hetero) is 2. The van der Waals surface area contributed by atoms with Crippen LogP contribution in [0.2, 0.25) is 0 Å². The molecule has 3 aromatic heterocycles. The number of carbonyl (C=O) groups is 2. The van der Waals surface area contributed by atoms with Gasteiger partial charge in [-0.05, 0) is 41.1 Å². The molecule has 0 aliphatic heterocycles. The lowest BCUT2D eigenvalue weighted by Crippen LogP contribution is -1.99. The Morgan fingerprint density at radius 2 is 1.33 bits per heavy atom. The highest BCUT2D eigenvalue weighted by Crippen LogP contribution is 2.39. The van der Waals surface area contributed by atoms with Gasteiger partial charge in [0.05, 0.1) is 15.2 Å². The highest BCUT2D eigenvalue weighted by atomic mass is 32.1. The summed E-state index contributed by atoms with van der Waals surface area (Å²) in [5.41, 5.74) is 2.58. The van der Waals surface area contributed by atoms with Gasteiger partial charge in [-0.15, -0.1) is 11.3 Å². The molecule has 5 heteroatoms. The molecule has 1 aliphatic rings. The number of hydrogen-bond acceptors (Lipinski definition) is 5. The average Bonchev–Trinajstić information content (AvgIpc) is 3.57. The fourth-order valence-corrected chi connectivity index (χ4v) is 5.41. The van der Waals surface area contributed by atoms with Gasteiger partial charge in [-0.3, -0.25) is 9.59 Å². The van der Waals surface area contributed by atoms with Crippen molar-refractivity contribution in [1.29, 1.82) is 0 Å². The van der Waals surface area contributed by atoms with E-state index in [0.29, 0.717) is 22.5 Å². The molecule has 1 aliphatic carbocycles. The Balaban J connectivity index is 1.26. The standard InChI is InChI=1S/C28H14O4S/c29-27-19-9-15-5-1-2-6-16(15)10-20(19)28(30)21(27)12-18-13-25-24(31-18)14-26(33-25)23-11-17-7-3-4-8-22(17)32-23/h1-14H. The van der Waals surface area contributed by atoms with Crippen LogP contribution in [0.4, 0.5) is 0 Å². The first-order valence-corrected chi connectivity index (χ1v) is 11.3. The molecule has 3 heterocycles. The second-order valence-corrected chi connectivity index (χ2v) is 9.18. The molecule has 0 saturated carbocycles. The zero-order valence-corrected chi connectivity index (χ0v) is 17.9. The maximum absolute atomic E-state index is 13.0. The van der Waals surface area contributed by atoms with Crippen LogP contribution < -0.4 is 0 Å². The molecule has 0 atom stereocenters. The third-order valence-electron chi connectivity index (χ3n) is 6.05. The lowest BCUT2D eigenvalue weighted by molar-refractivity contribution is 0.0990. The van der Waals surface area contributed by atoms with Gasteiger partial charge in [0, 0.05) is 28.6 Å². The van der Waals surface area contributed by atoms with Crippen LogP contribution in [0.25, 0.3) is 48.7 Å². The van der Waals surface area contributed by atoms with E-state index in [2.05, 4.69) is 0 Å². The molecule has 0 unspecified atom stereocenters. The first kappa shape index (κ1) is 18.4. The van der Waals surface area contributed by atoms with E-state index in [9.17, 15) is 9.59 Å². The van der Waals surface area contributed by atoms with Gasteiger partial charge in [-0.2, -0.15) is 0 Å². The Labute approximate surface area is 191 Å². The minimum atomic E-state index is -0.261. The number of ketones is 2. The molecule has 7 rings (SSSR count). The van der Waals surface area contributed by atoms with E-state index < -0.39 is 0 Å². The SMILES string of the molecule is O=C1C(=Cc2cc3sc(-c4cc5ccccc5o4)cc3o2)C(=O)c2cc3ccccc3cc21. The van der Waals surface area contributed by atoms with Gasteiger partial charge < -0.3 is 8.83 Å². The summed E-state index contributed by atoms with van der Waals surface area (Å²) < 4.78 is 12.9. The van der Waals surface area contributed by atoms with Crippen LogP contribution in [0, 0.1) is 0 Å². The predicted octanol–water partition coefficient (Wildman–Crippen LogP) is 7.52. The molecular formula is C28H14O4S. The monoisotopic (exact) mass is 446 g/mol. The fourth-order valence-electron chi connectivity index (χ4n) is 4.43. The molecule has 156 valence electrons. The van der Waals surface area contributed by atoms with Crippen molar-refractivity contribution in [3.05, 3.63) is 101 Å². The van der Waals surface area contributed by atoms with Crippen molar-refractivity contribution >= 4 is 61.0 Å². The van der Waals surface area contributed by atoms with Crippen molar-refractivity contribution in [2.75, 3.05) is 0 Å². The van der Waals surface area contributed by atoms with Crippen molar-refractivity contribution in [1.82, 2.24) is 0 Å². The van der Waals surface area contributed by atoms with E-state index in [1.807, 2.05) is 66.7 Å². The first-order chi connectivity index (χ1) is 16.1. The van der Waals surface area contributed by atoms with Crippen LogP contribution in [0.15, 0.2) is 93.3 Å². The van der Waals surface area contributed by atoms with Crippen molar-refractivity contribution in [3.63, 3.8) is 0 Å². The van der Waals surface area contributed by atoms with Crippen LogP contribution in [0.5, 0.6) is 0 Å². The second kappa shape index (κ2) is 6.64. The van der Waals surface area contributed by atoms with E-state index in [-0.39, 0.29) is 17.1 Å². The normalized spacial score (nSPS) is 13.5. The average molecular weight is 446 g/mol. The number of furan rings is 2. The second-order valence-electron chi connectivity index (χ2n) is 8.10. The maximum Gasteiger partial charge on any atom is 0.197 e. The number of fused-ring (bicyclic) bond motifs is 4. The number of allylic oxidation sites excluding steroid dienone is 1. The third-order valence-corrected chi connectivity index (χ3v) is 7.12. The molecule has 0 radical (unpaired) electrons. The minimum absolute atomic E-state index is 0.138. The van der Waals surface area contributed by atoms with Crippen molar-refractivity contribution < 1.29 is 18.4 Å². The summed E-state index contributed by atoms with van der Waals surface area (Å²) in [5.74, 6) is 0.754. The molecule has 0 bridgehead atoms. The number of hydrogen-bond donors (Lipinski definition) is 0. The smallest absolute Gasteiger partial charge is 0.197 e. The zero-order chi connectivity index (χ0) is 22.1. The molecule has 0 fully saturated rings. The van der Waals surface area contributed by atoms with E-state index in [1.54, 1.807) is 29.5 Å². The molecule has 0 saturated heterocycles.